The second kappa shape index (κ2) is 6.23. The molecule has 1 saturated carbocycles. The molecule has 0 amide bonds. The lowest BCUT2D eigenvalue weighted by molar-refractivity contribution is 0.366. The van der Waals surface area contributed by atoms with E-state index >= 15 is 0 Å². The van der Waals surface area contributed by atoms with Crippen LogP contribution in [0.4, 0.5) is 0 Å². The zero-order valence-electron chi connectivity index (χ0n) is 11.8. The van der Waals surface area contributed by atoms with Gasteiger partial charge in [-0.3, -0.25) is 0 Å². The summed E-state index contributed by atoms with van der Waals surface area (Å²) in [5, 5.41) is 3.33. The maximum atomic E-state index is 12.8. The van der Waals surface area contributed by atoms with Crippen LogP contribution in [-0.2, 0) is 16.6 Å². The molecule has 3 rings (SSSR count). The average molecular weight is 395 g/mol. The zero-order chi connectivity index (χ0) is 15.0. The first kappa shape index (κ1) is 15.9. The third-order valence-electron chi connectivity index (χ3n) is 3.74. The van der Waals surface area contributed by atoms with Crippen molar-refractivity contribution >= 4 is 37.7 Å². The highest BCUT2D eigenvalue weighted by molar-refractivity contribution is 9.10. The molecule has 1 aromatic rings. The number of nitrogens with one attached hydrogen (secondary N) is 1. The van der Waals surface area contributed by atoms with Crippen molar-refractivity contribution in [2.24, 2.45) is 0 Å². The average Bonchev–Trinajstić information content (AvgIpc) is 3.19. The van der Waals surface area contributed by atoms with Crippen molar-refractivity contribution in [2.45, 2.75) is 43.3 Å². The van der Waals surface area contributed by atoms with E-state index < -0.39 is 10.0 Å². The molecule has 1 saturated heterocycles. The van der Waals surface area contributed by atoms with Crippen LogP contribution < -0.4 is 5.32 Å². The maximum absolute atomic E-state index is 12.8. The van der Waals surface area contributed by atoms with Gasteiger partial charge in [-0.25, -0.2) is 8.42 Å². The summed E-state index contributed by atoms with van der Waals surface area (Å²) in [5.74, 6) is 2.34. The summed E-state index contributed by atoms with van der Waals surface area (Å²) in [7, 11) is -3.49. The van der Waals surface area contributed by atoms with E-state index in [2.05, 4.69) is 21.2 Å². The minimum Gasteiger partial charge on any atom is -0.452 e. The molecular formula is C13H19BrN2O3S2. The first-order valence-corrected chi connectivity index (χ1v) is 10.5. The van der Waals surface area contributed by atoms with Gasteiger partial charge in [-0.1, -0.05) is 0 Å². The van der Waals surface area contributed by atoms with E-state index in [0.29, 0.717) is 29.6 Å². The highest BCUT2D eigenvalue weighted by Crippen LogP contribution is 2.32. The summed E-state index contributed by atoms with van der Waals surface area (Å²) >= 11 is 5.05. The highest BCUT2D eigenvalue weighted by atomic mass is 79.9. The molecule has 1 aliphatic heterocycles. The first-order chi connectivity index (χ1) is 9.98. The topological polar surface area (TPSA) is 62.6 Å². The fourth-order valence-corrected chi connectivity index (χ4v) is 6.21. The van der Waals surface area contributed by atoms with Crippen LogP contribution in [0.25, 0.3) is 0 Å². The molecule has 8 heteroatoms. The second-order valence-corrected chi connectivity index (χ2v) is 9.27. The number of hydrogen-bond donors (Lipinski definition) is 1. The van der Waals surface area contributed by atoms with Crippen LogP contribution in [0, 0.1) is 0 Å². The van der Waals surface area contributed by atoms with E-state index in [0.717, 1.165) is 11.5 Å². The molecule has 2 fully saturated rings. The SMILES string of the molecule is CC1CSCCN1S(=O)(=O)c1cc(CNC2CC2)oc1Br. The van der Waals surface area contributed by atoms with Crippen LogP contribution >= 0.6 is 27.7 Å². The van der Waals surface area contributed by atoms with E-state index in [4.69, 9.17) is 4.42 Å². The summed E-state index contributed by atoms with van der Waals surface area (Å²) in [6.45, 7) is 3.08. The quantitative estimate of drug-likeness (QED) is 0.830. The highest BCUT2D eigenvalue weighted by Gasteiger charge is 2.34. The molecule has 1 atom stereocenters. The van der Waals surface area contributed by atoms with Gasteiger partial charge in [-0.2, -0.15) is 16.1 Å². The third kappa shape index (κ3) is 3.50. The standard InChI is InChI=1S/C13H19BrN2O3S2/c1-9-8-20-5-4-16(9)21(17,18)12-6-11(19-13(12)14)7-15-10-2-3-10/h6,9-10,15H,2-5,7-8H2,1H3. The van der Waals surface area contributed by atoms with Crippen LogP contribution in [0.15, 0.2) is 20.0 Å². The number of rotatable bonds is 5. The monoisotopic (exact) mass is 394 g/mol. The van der Waals surface area contributed by atoms with Crippen molar-refractivity contribution in [1.29, 1.82) is 0 Å². The summed E-state index contributed by atoms with van der Waals surface area (Å²) in [6, 6.07) is 2.22. The predicted octanol–water partition coefficient (Wildman–Crippen LogP) is 2.42. The lowest BCUT2D eigenvalue weighted by atomic mass is 10.4. The Morgan fingerprint density at radius 1 is 1.52 bits per heavy atom. The summed E-state index contributed by atoms with van der Waals surface area (Å²) < 4.78 is 33.0. The minimum atomic E-state index is -3.49. The minimum absolute atomic E-state index is 0.0172. The van der Waals surface area contributed by atoms with Crippen LogP contribution in [0.2, 0.25) is 0 Å². The van der Waals surface area contributed by atoms with Gasteiger partial charge in [-0.15, -0.1) is 0 Å². The molecule has 1 unspecified atom stereocenters. The van der Waals surface area contributed by atoms with E-state index in [9.17, 15) is 8.42 Å². The van der Waals surface area contributed by atoms with Gasteiger partial charge < -0.3 is 9.73 Å². The normalized spacial score (nSPS) is 24.4. The molecular weight excluding hydrogens is 376 g/mol. The Morgan fingerprint density at radius 3 is 2.95 bits per heavy atom. The Labute approximate surface area is 138 Å². The van der Waals surface area contributed by atoms with Gasteiger partial charge in [0.05, 0.1) is 6.54 Å². The lowest BCUT2D eigenvalue weighted by Gasteiger charge is -2.31. The number of sulfonamides is 1. The zero-order valence-corrected chi connectivity index (χ0v) is 15.1. The molecule has 2 aliphatic rings. The van der Waals surface area contributed by atoms with Gasteiger partial charge in [0, 0.05) is 36.2 Å². The van der Waals surface area contributed by atoms with Gasteiger partial charge in [0.15, 0.2) is 4.67 Å². The van der Waals surface area contributed by atoms with E-state index in [1.54, 1.807) is 22.1 Å². The third-order valence-corrected chi connectivity index (χ3v) is 7.80. The predicted molar refractivity (Wildman–Crippen MR) is 86.9 cm³/mol. The first-order valence-electron chi connectivity index (χ1n) is 7.09. The Morgan fingerprint density at radius 2 is 2.29 bits per heavy atom. The van der Waals surface area contributed by atoms with Crippen molar-refractivity contribution in [2.75, 3.05) is 18.1 Å². The molecule has 1 aromatic heterocycles. The van der Waals surface area contributed by atoms with E-state index in [1.165, 1.54) is 12.8 Å². The number of halogens is 1. The van der Waals surface area contributed by atoms with Crippen LogP contribution in [0.1, 0.15) is 25.5 Å². The smallest absolute Gasteiger partial charge is 0.247 e. The van der Waals surface area contributed by atoms with Gasteiger partial charge >= 0.3 is 0 Å². The maximum Gasteiger partial charge on any atom is 0.247 e. The summed E-state index contributed by atoms with van der Waals surface area (Å²) in [5.41, 5.74) is 0. The molecule has 0 aromatic carbocycles. The van der Waals surface area contributed by atoms with E-state index in [-0.39, 0.29) is 10.9 Å². The van der Waals surface area contributed by atoms with Gasteiger partial charge in [0.2, 0.25) is 10.0 Å². The fraction of sp³-hybridized carbons (Fsp3) is 0.692. The van der Waals surface area contributed by atoms with Gasteiger partial charge in [0.25, 0.3) is 0 Å². The Bertz CT molecular complexity index is 613. The molecule has 1 aliphatic carbocycles. The second-order valence-electron chi connectivity index (χ2n) is 5.55. The Kier molecular flexibility index (Phi) is 4.71. The molecule has 118 valence electrons. The summed E-state index contributed by atoms with van der Waals surface area (Å²) in [4.78, 5) is 0.244. The molecule has 21 heavy (non-hydrogen) atoms. The largest absolute Gasteiger partial charge is 0.452 e. The van der Waals surface area contributed by atoms with Crippen molar-refractivity contribution in [3.05, 3.63) is 16.5 Å². The Balaban J connectivity index is 1.80. The molecule has 1 N–H and O–H groups in total. The van der Waals surface area contributed by atoms with Crippen LogP contribution in [0.3, 0.4) is 0 Å². The summed E-state index contributed by atoms with van der Waals surface area (Å²) in [6.07, 6.45) is 2.38. The van der Waals surface area contributed by atoms with Crippen molar-refractivity contribution in [3.8, 4) is 0 Å². The van der Waals surface area contributed by atoms with Gasteiger partial charge in [-0.05, 0) is 35.7 Å². The molecule has 2 heterocycles. The molecule has 5 nitrogen and oxygen atoms in total. The van der Waals surface area contributed by atoms with Crippen molar-refractivity contribution < 1.29 is 12.8 Å². The molecule has 0 spiro atoms. The number of hydrogen-bond acceptors (Lipinski definition) is 5. The van der Waals surface area contributed by atoms with Crippen LogP contribution in [0.5, 0.6) is 0 Å². The number of furan rings is 1. The lowest BCUT2D eigenvalue weighted by Crippen LogP contribution is -2.44. The van der Waals surface area contributed by atoms with E-state index in [1.807, 2.05) is 6.92 Å². The molecule has 0 bridgehead atoms. The Hall–Kier alpha value is -0.0200. The fourth-order valence-electron chi connectivity index (χ4n) is 2.39. The van der Waals surface area contributed by atoms with Gasteiger partial charge in [0.1, 0.15) is 10.7 Å². The number of thioether (sulfide) groups is 1. The van der Waals surface area contributed by atoms with Crippen molar-refractivity contribution in [1.82, 2.24) is 9.62 Å². The number of nitrogens with zero attached hydrogens (tertiary/aromatic N) is 1. The van der Waals surface area contributed by atoms with Crippen molar-refractivity contribution in [3.63, 3.8) is 0 Å². The van der Waals surface area contributed by atoms with Crippen LogP contribution in [-0.4, -0.2) is 42.9 Å². The molecule has 0 radical (unpaired) electrons.